The molecule has 1 N–H and O–H groups in total. The van der Waals surface area contributed by atoms with E-state index in [4.69, 9.17) is 9.47 Å². The van der Waals surface area contributed by atoms with Gasteiger partial charge in [-0.25, -0.2) is 0 Å². The number of hydrogen-bond acceptors (Lipinski definition) is 4. The second kappa shape index (κ2) is 8.32. The Balaban J connectivity index is 2.32. The van der Waals surface area contributed by atoms with Crippen LogP contribution in [0.3, 0.4) is 0 Å². The minimum absolute atomic E-state index is 0.173. The van der Waals surface area contributed by atoms with Crippen LogP contribution in [0.25, 0.3) is 0 Å². The van der Waals surface area contributed by atoms with Gasteiger partial charge in [-0.1, -0.05) is 18.2 Å². The molecule has 0 saturated heterocycles. The van der Waals surface area contributed by atoms with Gasteiger partial charge in [0.05, 0.1) is 13.0 Å². The first-order valence-corrected chi connectivity index (χ1v) is 6.50. The molecule has 0 aliphatic heterocycles. The Kier molecular flexibility index (Phi) is 6.73. The molecule has 0 saturated carbocycles. The van der Waals surface area contributed by atoms with Gasteiger partial charge in [-0.05, 0) is 30.5 Å². The quantitative estimate of drug-likeness (QED) is 0.601. The van der Waals surface area contributed by atoms with E-state index in [9.17, 15) is 9.59 Å². The normalized spacial score (nSPS) is 10.2. The Labute approximate surface area is 119 Å². The first-order chi connectivity index (χ1) is 9.52. The van der Waals surface area contributed by atoms with Crippen molar-refractivity contribution in [1.82, 2.24) is 5.32 Å². The number of benzene rings is 1. The molecule has 0 aliphatic rings. The maximum atomic E-state index is 11.6. The van der Waals surface area contributed by atoms with E-state index < -0.39 is 5.97 Å². The summed E-state index contributed by atoms with van der Waals surface area (Å²) in [6.07, 6.45) is 0.173. The van der Waals surface area contributed by atoms with Crippen molar-refractivity contribution in [2.75, 3.05) is 26.9 Å². The van der Waals surface area contributed by atoms with Gasteiger partial charge in [-0.2, -0.15) is 0 Å². The Hall–Kier alpha value is -1.88. The molecule has 0 fully saturated rings. The van der Waals surface area contributed by atoms with Crippen LogP contribution in [0.15, 0.2) is 18.2 Å². The number of nitrogens with one attached hydrogen (secondary N) is 1. The first kappa shape index (κ1) is 16.2. The lowest BCUT2D eigenvalue weighted by molar-refractivity contribution is -0.147. The summed E-state index contributed by atoms with van der Waals surface area (Å²) in [6, 6.07) is 5.81. The second-order valence-electron chi connectivity index (χ2n) is 4.60. The zero-order chi connectivity index (χ0) is 15.0. The molecule has 0 radical (unpaired) electrons. The number of esters is 1. The average Bonchev–Trinajstić information content (AvgIpc) is 2.41. The van der Waals surface area contributed by atoms with Gasteiger partial charge in [0.1, 0.15) is 0 Å². The molecule has 1 rings (SSSR count). The van der Waals surface area contributed by atoms with E-state index in [1.54, 1.807) is 7.11 Å². The van der Waals surface area contributed by atoms with E-state index in [1.165, 1.54) is 5.56 Å². The summed E-state index contributed by atoms with van der Waals surface area (Å²) in [5.41, 5.74) is 3.20. The van der Waals surface area contributed by atoms with Crippen molar-refractivity contribution >= 4 is 11.9 Å². The lowest BCUT2D eigenvalue weighted by Crippen LogP contribution is -2.31. The van der Waals surface area contributed by atoms with Gasteiger partial charge in [-0.15, -0.1) is 0 Å². The van der Waals surface area contributed by atoms with Gasteiger partial charge in [0.15, 0.2) is 6.61 Å². The lowest BCUT2D eigenvalue weighted by atomic mass is 10.0. The predicted octanol–water partition coefficient (Wildman–Crippen LogP) is 1.15. The summed E-state index contributed by atoms with van der Waals surface area (Å²) in [5, 5.41) is 2.58. The Morgan fingerprint density at radius 3 is 2.60 bits per heavy atom. The molecule has 0 atom stereocenters. The van der Waals surface area contributed by atoms with Gasteiger partial charge in [0.2, 0.25) is 0 Å². The molecule has 1 aromatic rings. The SMILES string of the molecule is COCCNC(=O)COC(=O)Cc1ccc(C)c(C)c1. The van der Waals surface area contributed by atoms with Crippen LogP contribution < -0.4 is 5.32 Å². The lowest BCUT2D eigenvalue weighted by Gasteiger charge is -2.07. The van der Waals surface area contributed by atoms with Crippen molar-refractivity contribution in [3.63, 3.8) is 0 Å². The smallest absolute Gasteiger partial charge is 0.310 e. The fraction of sp³-hybridized carbons (Fsp3) is 0.467. The van der Waals surface area contributed by atoms with Crippen LogP contribution in [-0.2, 0) is 25.5 Å². The fourth-order valence-electron chi connectivity index (χ4n) is 1.62. The fourth-order valence-corrected chi connectivity index (χ4v) is 1.62. The summed E-state index contributed by atoms with van der Waals surface area (Å²) >= 11 is 0. The minimum atomic E-state index is -0.407. The van der Waals surface area contributed by atoms with Crippen molar-refractivity contribution < 1.29 is 19.1 Å². The van der Waals surface area contributed by atoms with Crippen molar-refractivity contribution in [1.29, 1.82) is 0 Å². The summed E-state index contributed by atoms with van der Waals surface area (Å²) in [6.45, 7) is 4.59. The van der Waals surface area contributed by atoms with Crippen molar-refractivity contribution in [3.8, 4) is 0 Å². The maximum Gasteiger partial charge on any atom is 0.310 e. The van der Waals surface area contributed by atoms with Crippen molar-refractivity contribution in [2.45, 2.75) is 20.3 Å². The number of carbonyl (C=O) groups is 2. The predicted molar refractivity (Wildman–Crippen MR) is 75.5 cm³/mol. The van der Waals surface area contributed by atoms with Crippen LogP contribution >= 0.6 is 0 Å². The number of carbonyl (C=O) groups excluding carboxylic acids is 2. The van der Waals surface area contributed by atoms with Gasteiger partial charge in [0.25, 0.3) is 5.91 Å². The highest BCUT2D eigenvalue weighted by Gasteiger charge is 2.08. The molecule has 1 aromatic carbocycles. The Bertz CT molecular complexity index is 471. The number of rotatable bonds is 7. The van der Waals surface area contributed by atoms with Crippen LogP contribution in [0.4, 0.5) is 0 Å². The van der Waals surface area contributed by atoms with Crippen molar-refractivity contribution in [3.05, 3.63) is 34.9 Å². The molecule has 0 bridgehead atoms. The van der Waals surface area contributed by atoms with Gasteiger partial charge >= 0.3 is 5.97 Å². The molecule has 5 heteroatoms. The van der Waals surface area contributed by atoms with Crippen LogP contribution in [0.5, 0.6) is 0 Å². The van der Waals surface area contributed by atoms with Gasteiger partial charge in [-0.3, -0.25) is 9.59 Å². The monoisotopic (exact) mass is 279 g/mol. The largest absolute Gasteiger partial charge is 0.455 e. The highest BCUT2D eigenvalue weighted by atomic mass is 16.5. The zero-order valence-corrected chi connectivity index (χ0v) is 12.2. The number of aryl methyl sites for hydroxylation is 2. The molecule has 0 aliphatic carbocycles. The number of methoxy groups -OCH3 is 1. The third-order valence-corrected chi connectivity index (χ3v) is 2.91. The highest BCUT2D eigenvalue weighted by molar-refractivity contribution is 5.81. The van der Waals surface area contributed by atoms with Crippen LogP contribution in [0.2, 0.25) is 0 Å². The molecular formula is C15H21NO4. The molecule has 5 nitrogen and oxygen atoms in total. The minimum Gasteiger partial charge on any atom is -0.455 e. The maximum absolute atomic E-state index is 11.6. The summed E-state index contributed by atoms with van der Waals surface area (Å²) in [4.78, 5) is 22.9. The summed E-state index contributed by atoms with van der Waals surface area (Å²) in [5.74, 6) is -0.731. The topological polar surface area (TPSA) is 64.6 Å². The first-order valence-electron chi connectivity index (χ1n) is 6.50. The van der Waals surface area contributed by atoms with Gasteiger partial charge < -0.3 is 14.8 Å². The summed E-state index contributed by atoms with van der Waals surface area (Å²) < 4.78 is 9.71. The number of amides is 1. The van der Waals surface area contributed by atoms with Crippen molar-refractivity contribution in [2.24, 2.45) is 0 Å². The van der Waals surface area contributed by atoms with Crippen LogP contribution in [-0.4, -0.2) is 38.7 Å². The van der Waals surface area contributed by atoms with E-state index in [1.807, 2.05) is 32.0 Å². The molecule has 0 aromatic heterocycles. The molecule has 20 heavy (non-hydrogen) atoms. The average molecular weight is 279 g/mol. The van der Waals surface area contributed by atoms with Gasteiger partial charge in [0, 0.05) is 13.7 Å². The molecule has 110 valence electrons. The second-order valence-corrected chi connectivity index (χ2v) is 4.60. The Morgan fingerprint density at radius 2 is 1.95 bits per heavy atom. The molecular weight excluding hydrogens is 258 g/mol. The molecule has 0 spiro atoms. The molecule has 0 unspecified atom stereocenters. The highest BCUT2D eigenvalue weighted by Crippen LogP contribution is 2.10. The van der Waals surface area contributed by atoms with E-state index in [0.717, 1.165) is 11.1 Å². The summed E-state index contributed by atoms with van der Waals surface area (Å²) in [7, 11) is 1.55. The third-order valence-electron chi connectivity index (χ3n) is 2.91. The molecule has 0 heterocycles. The standard InChI is InChI=1S/C15H21NO4/c1-11-4-5-13(8-12(11)2)9-15(18)20-10-14(17)16-6-7-19-3/h4-5,8H,6-7,9-10H2,1-3H3,(H,16,17). The van der Waals surface area contributed by atoms with E-state index >= 15 is 0 Å². The van der Waals surface area contributed by atoms with E-state index in [-0.39, 0.29) is 18.9 Å². The Morgan fingerprint density at radius 1 is 1.20 bits per heavy atom. The van der Waals surface area contributed by atoms with E-state index in [2.05, 4.69) is 5.32 Å². The number of ether oxygens (including phenoxy) is 2. The number of hydrogen-bond donors (Lipinski definition) is 1. The van der Waals surface area contributed by atoms with Crippen LogP contribution in [0, 0.1) is 13.8 Å². The van der Waals surface area contributed by atoms with Crippen LogP contribution in [0.1, 0.15) is 16.7 Å². The molecule has 1 amide bonds. The zero-order valence-electron chi connectivity index (χ0n) is 12.2. The third kappa shape index (κ3) is 5.84. The van der Waals surface area contributed by atoms with E-state index in [0.29, 0.717) is 13.2 Å².